The lowest BCUT2D eigenvalue weighted by atomic mass is 10.0. The number of piperidine rings is 1. The molecule has 4 rings (SSSR count). The maximum absolute atomic E-state index is 12.5. The molecular formula is C19H29N5OS. The molecular weight excluding hydrogens is 346 g/mol. The van der Waals surface area contributed by atoms with E-state index in [1.54, 1.807) is 12.4 Å². The third kappa shape index (κ3) is 4.31. The van der Waals surface area contributed by atoms with Gasteiger partial charge in [-0.2, -0.15) is 11.8 Å². The molecule has 1 N–H and O–H groups in total. The fraction of sp³-hybridized carbons (Fsp3) is 0.737. The fourth-order valence-corrected chi connectivity index (χ4v) is 5.37. The van der Waals surface area contributed by atoms with E-state index in [-0.39, 0.29) is 5.91 Å². The minimum absolute atomic E-state index is 0.0173. The molecule has 3 aliphatic rings. The summed E-state index contributed by atoms with van der Waals surface area (Å²) < 4.78 is 0. The highest BCUT2D eigenvalue weighted by Gasteiger charge is 2.27. The molecule has 7 heteroatoms. The summed E-state index contributed by atoms with van der Waals surface area (Å²) in [6.45, 7) is 4.01. The van der Waals surface area contributed by atoms with E-state index in [0.29, 0.717) is 11.7 Å². The number of carbonyl (C=O) groups is 1. The smallest absolute Gasteiger partial charge is 0.274 e. The number of nitrogens with zero attached hydrogens (tertiary/aromatic N) is 4. The largest absolute Gasteiger partial charge is 0.366 e. The Hall–Kier alpha value is -1.34. The van der Waals surface area contributed by atoms with Crippen LogP contribution < -0.4 is 5.32 Å². The van der Waals surface area contributed by atoms with Crippen molar-refractivity contribution in [1.29, 1.82) is 0 Å². The summed E-state index contributed by atoms with van der Waals surface area (Å²) in [7, 11) is 0. The molecule has 0 aliphatic carbocycles. The van der Waals surface area contributed by atoms with Crippen LogP contribution in [0.25, 0.3) is 0 Å². The number of rotatable bonds is 4. The van der Waals surface area contributed by atoms with Gasteiger partial charge in [-0.05, 0) is 50.0 Å². The molecule has 1 amide bonds. The Labute approximate surface area is 160 Å². The number of anilines is 1. The van der Waals surface area contributed by atoms with E-state index >= 15 is 0 Å². The zero-order chi connectivity index (χ0) is 17.8. The molecule has 3 aliphatic heterocycles. The summed E-state index contributed by atoms with van der Waals surface area (Å²) in [5.74, 6) is 3.39. The predicted molar refractivity (Wildman–Crippen MR) is 106 cm³/mol. The van der Waals surface area contributed by atoms with Crippen LogP contribution in [0, 0.1) is 0 Å². The summed E-state index contributed by atoms with van der Waals surface area (Å²) in [5, 5.41) is 3.52. The van der Waals surface area contributed by atoms with E-state index in [1.807, 2.05) is 4.90 Å². The summed E-state index contributed by atoms with van der Waals surface area (Å²) in [6, 6.07) is 1.22. The number of nitrogens with one attached hydrogen (secondary N) is 1. The van der Waals surface area contributed by atoms with Gasteiger partial charge in [0.2, 0.25) is 0 Å². The highest BCUT2D eigenvalue weighted by Crippen LogP contribution is 2.25. The van der Waals surface area contributed by atoms with Crippen molar-refractivity contribution in [2.24, 2.45) is 0 Å². The van der Waals surface area contributed by atoms with Gasteiger partial charge in [-0.1, -0.05) is 0 Å². The van der Waals surface area contributed by atoms with E-state index in [0.717, 1.165) is 63.7 Å². The molecule has 1 aromatic rings. The first-order chi connectivity index (χ1) is 12.8. The lowest BCUT2D eigenvalue weighted by Crippen LogP contribution is -2.46. The normalized spacial score (nSPS) is 23.3. The van der Waals surface area contributed by atoms with Crippen molar-refractivity contribution in [2.45, 2.75) is 50.6 Å². The Morgan fingerprint density at radius 2 is 1.77 bits per heavy atom. The molecule has 4 heterocycles. The van der Waals surface area contributed by atoms with Crippen molar-refractivity contribution in [3.05, 3.63) is 18.1 Å². The van der Waals surface area contributed by atoms with Crippen molar-refractivity contribution in [2.75, 3.05) is 43.0 Å². The molecule has 0 aromatic carbocycles. The lowest BCUT2D eigenvalue weighted by Gasteiger charge is -2.39. The molecule has 0 atom stereocenters. The average Bonchev–Trinajstić information content (AvgIpc) is 3.24. The molecule has 142 valence electrons. The van der Waals surface area contributed by atoms with Crippen LogP contribution in [-0.2, 0) is 0 Å². The zero-order valence-electron chi connectivity index (χ0n) is 15.4. The van der Waals surface area contributed by atoms with Gasteiger partial charge in [0.1, 0.15) is 11.5 Å². The predicted octanol–water partition coefficient (Wildman–Crippen LogP) is 2.48. The second-order valence-electron chi connectivity index (χ2n) is 7.59. The summed E-state index contributed by atoms with van der Waals surface area (Å²) in [5.41, 5.74) is 0.467. The van der Waals surface area contributed by atoms with Crippen molar-refractivity contribution in [3.8, 4) is 0 Å². The third-order valence-corrected chi connectivity index (χ3v) is 6.88. The number of hydrogen-bond donors (Lipinski definition) is 1. The summed E-state index contributed by atoms with van der Waals surface area (Å²) in [6.07, 6.45) is 10.5. The average molecular weight is 376 g/mol. The van der Waals surface area contributed by atoms with Gasteiger partial charge in [0.25, 0.3) is 5.91 Å². The van der Waals surface area contributed by atoms with Gasteiger partial charge in [0.05, 0.1) is 12.4 Å². The van der Waals surface area contributed by atoms with Crippen LogP contribution in [0.4, 0.5) is 5.82 Å². The van der Waals surface area contributed by atoms with Crippen LogP contribution in [0.2, 0.25) is 0 Å². The molecule has 0 unspecified atom stereocenters. The van der Waals surface area contributed by atoms with Crippen molar-refractivity contribution in [1.82, 2.24) is 19.8 Å². The molecule has 0 bridgehead atoms. The van der Waals surface area contributed by atoms with E-state index in [4.69, 9.17) is 0 Å². The number of thioether (sulfide) groups is 1. The second kappa shape index (κ2) is 8.57. The highest BCUT2D eigenvalue weighted by molar-refractivity contribution is 7.99. The topological polar surface area (TPSA) is 61.4 Å². The summed E-state index contributed by atoms with van der Waals surface area (Å²) in [4.78, 5) is 25.8. The zero-order valence-corrected chi connectivity index (χ0v) is 16.2. The molecule has 1 aromatic heterocycles. The van der Waals surface area contributed by atoms with Crippen LogP contribution in [0.1, 0.15) is 49.0 Å². The molecule has 6 nitrogen and oxygen atoms in total. The Morgan fingerprint density at radius 3 is 2.50 bits per heavy atom. The Balaban J connectivity index is 1.30. The molecule has 26 heavy (non-hydrogen) atoms. The van der Waals surface area contributed by atoms with Gasteiger partial charge in [-0.15, -0.1) is 0 Å². The number of hydrogen-bond acceptors (Lipinski definition) is 6. The van der Waals surface area contributed by atoms with Crippen LogP contribution in [-0.4, -0.2) is 75.4 Å². The maximum atomic E-state index is 12.5. The van der Waals surface area contributed by atoms with Gasteiger partial charge in [-0.3, -0.25) is 9.78 Å². The van der Waals surface area contributed by atoms with Crippen molar-refractivity contribution >= 4 is 23.5 Å². The van der Waals surface area contributed by atoms with Crippen LogP contribution in [0.5, 0.6) is 0 Å². The Bertz CT molecular complexity index is 608. The monoisotopic (exact) mass is 375 g/mol. The van der Waals surface area contributed by atoms with E-state index in [2.05, 4.69) is 31.9 Å². The van der Waals surface area contributed by atoms with Gasteiger partial charge in [0.15, 0.2) is 0 Å². The van der Waals surface area contributed by atoms with E-state index < -0.39 is 0 Å². The maximum Gasteiger partial charge on any atom is 0.274 e. The van der Waals surface area contributed by atoms with Crippen LogP contribution in [0.15, 0.2) is 12.4 Å². The lowest BCUT2D eigenvalue weighted by molar-refractivity contribution is 0.0786. The first-order valence-corrected chi connectivity index (χ1v) is 11.1. The molecule has 0 radical (unpaired) electrons. The van der Waals surface area contributed by atoms with Gasteiger partial charge in [-0.25, -0.2) is 4.98 Å². The van der Waals surface area contributed by atoms with Gasteiger partial charge >= 0.3 is 0 Å². The standard InChI is InChI=1S/C19H29N5OS/c25-19(24-7-1-2-8-24)17-13-20-14-18(22-17)21-15-3-9-23(10-4-15)16-5-11-26-12-6-16/h13-16H,1-12H2,(H,21,22). The van der Waals surface area contributed by atoms with Crippen LogP contribution in [0.3, 0.4) is 0 Å². The third-order valence-electron chi connectivity index (χ3n) is 5.84. The second-order valence-corrected chi connectivity index (χ2v) is 8.81. The van der Waals surface area contributed by atoms with Gasteiger partial charge in [0, 0.05) is 38.3 Å². The Morgan fingerprint density at radius 1 is 1.04 bits per heavy atom. The first kappa shape index (κ1) is 18.0. The molecule has 0 saturated carbocycles. The minimum atomic E-state index is 0.0173. The molecule has 0 spiro atoms. The van der Waals surface area contributed by atoms with Gasteiger partial charge < -0.3 is 15.1 Å². The van der Waals surface area contributed by atoms with E-state index in [1.165, 1.54) is 24.3 Å². The Kier molecular flexibility index (Phi) is 5.94. The summed E-state index contributed by atoms with van der Waals surface area (Å²) >= 11 is 2.09. The number of likely N-dealkylation sites (tertiary alicyclic amines) is 2. The van der Waals surface area contributed by atoms with Crippen molar-refractivity contribution < 1.29 is 4.79 Å². The number of carbonyl (C=O) groups excluding carboxylic acids is 1. The first-order valence-electron chi connectivity index (χ1n) is 9.99. The van der Waals surface area contributed by atoms with E-state index in [9.17, 15) is 4.79 Å². The van der Waals surface area contributed by atoms with Crippen molar-refractivity contribution in [3.63, 3.8) is 0 Å². The quantitative estimate of drug-likeness (QED) is 0.872. The van der Waals surface area contributed by atoms with Crippen LogP contribution >= 0.6 is 11.8 Å². The molecule has 3 fully saturated rings. The SMILES string of the molecule is O=C(c1cncc(NC2CCN(C3CCSCC3)CC2)n1)N1CCCC1. The minimum Gasteiger partial charge on any atom is -0.366 e. The molecule has 3 saturated heterocycles. The number of aromatic nitrogens is 2. The highest BCUT2D eigenvalue weighted by atomic mass is 32.2. The number of amides is 1. The fourth-order valence-electron chi connectivity index (χ4n) is 4.29.